The Labute approximate surface area is 155 Å². The number of imidazole rings is 1. The molecule has 0 bridgehead atoms. The van der Waals surface area contributed by atoms with Crippen molar-refractivity contribution >= 4 is 16.9 Å². The van der Waals surface area contributed by atoms with Gasteiger partial charge in [-0.25, -0.2) is 0 Å². The van der Waals surface area contributed by atoms with E-state index in [4.69, 9.17) is 9.72 Å². The topological polar surface area (TPSA) is 47.4 Å². The monoisotopic (exact) mass is 355 g/mol. The second-order valence-electron chi connectivity index (χ2n) is 8.13. The zero-order chi connectivity index (χ0) is 18.1. The number of carbonyl (C=O) groups is 1. The zero-order valence-corrected chi connectivity index (χ0v) is 15.9. The Morgan fingerprint density at radius 1 is 1.19 bits per heavy atom. The lowest BCUT2D eigenvalue weighted by Gasteiger charge is -2.32. The standard InChI is InChI=1S/C21H29N3O2/c1-15(2)9-14-24-19-6-4-3-5-18(19)22-21(24)26-17-10-12-23(13-11-17)20(25)16-7-8-16/h3-6,15-17H,7-14H2,1-2H3. The first-order valence-electron chi connectivity index (χ1n) is 10.0. The molecule has 5 heteroatoms. The van der Waals surface area contributed by atoms with Crippen LogP contribution < -0.4 is 4.74 Å². The lowest BCUT2D eigenvalue weighted by atomic mass is 10.1. The largest absolute Gasteiger partial charge is 0.461 e. The Bertz CT molecular complexity index is 771. The molecule has 4 rings (SSSR count). The number of para-hydroxylation sites is 2. The van der Waals surface area contributed by atoms with Crippen LogP contribution in [0.5, 0.6) is 6.01 Å². The van der Waals surface area contributed by atoms with E-state index in [1.54, 1.807) is 0 Å². The summed E-state index contributed by atoms with van der Waals surface area (Å²) in [7, 11) is 0. The van der Waals surface area contributed by atoms with E-state index >= 15 is 0 Å². The van der Waals surface area contributed by atoms with Crippen LogP contribution in [0.15, 0.2) is 24.3 Å². The van der Waals surface area contributed by atoms with Gasteiger partial charge in [0.1, 0.15) is 6.10 Å². The van der Waals surface area contributed by atoms with Crippen molar-refractivity contribution in [1.29, 1.82) is 0 Å². The van der Waals surface area contributed by atoms with Crippen molar-refractivity contribution in [1.82, 2.24) is 14.5 Å². The first-order valence-corrected chi connectivity index (χ1v) is 10.0. The highest BCUT2D eigenvalue weighted by atomic mass is 16.5. The summed E-state index contributed by atoms with van der Waals surface area (Å²) in [4.78, 5) is 19.0. The third kappa shape index (κ3) is 3.71. The van der Waals surface area contributed by atoms with Crippen LogP contribution in [0.4, 0.5) is 0 Å². The number of carbonyl (C=O) groups excluding carboxylic acids is 1. The molecule has 5 nitrogen and oxygen atoms in total. The van der Waals surface area contributed by atoms with Gasteiger partial charge in [-0.3, -0.25) is 9.36 Å². The second kappa shape index (κ2) is 7.29. The van der Waals surface area contributed by atoms with Gasteiger partial charge in [0.25, 0.3) is 6.01 Å². The molecular weight excluding hydrogens is 326 g/mol. The summed E-state index contributed by atoms with van der Waals surface area (Å²) in [5.41, 5.74) is 2.14. The lowest BCUT2D eigenvalue weighted by molar-refractivity contribution is -0.134. The Morgan fingerprint density at radius 2 is 1.92 bits per heavy atom. The van der Waals surface area contributed by atoms with Gasteiger partial charge in [0.05, 0.1) is 11.0 Å². The molecule has 0 radical (unpaired) electrons. The van der Waals surface area contributed by atoms with Crippen molar-refractivity contribution in [3.63, 3.8) is 0 Å². The van der Waals surface area contributed by atoms with E-state index in [9.17, 15) is 4.79 Å². The molecule has 1 aromatic heterocycles. The average Bonchev–Trinajstić information content (AvgIpc) is 3.43. The number of hydrogen-bond acceptors (Lipinski definition) is 3. The number of amides is 1. The highest BCUT2D eigenvalue weighted by molar-refractivity contribution is 5.81. The number of ether oxygens (including phenoxy) is 1. The Hall–Kier alpha value is -2.04. The summed E-state index contributed by atoms with van der Waals surface area (Å²) < 4.78 is 8.54. The Kier molecular flexibility index (Phi) is 4.88. The van der Waals surface area contributed by atoms with E-state index in [2.05, 4.69) is 30.5 Å². The molecule has 0 unspecified atom stereocenters. The van der Waals surface area contributed by atoms with E-state index in [1.165, 1.54) is 0 Å². The summed E-state index contributed by atoms with van der Waals surface area (Å²) in [5, 5.41) is 0. The second-order valence-corrected chi connectivity index (χ2v) is 8.13. The molecule has 0 atom stereocenters. The molecule has 1 aliphatic carbocycles. The molecule has 2 aliphatic rings. The fraction of sp³-hybridized carbons (Fsp3) is 0.619. The van der Waals surface area contributed by atoms with E-state index in [0.29, 0.717) is 17.7 Å². The molecule has 1 amide bonds. The highest BCUT2D eigenvalue weighted by Gasteiger charge is 2.35. The van der Waals surface area contributed by atoms with Gasteiger partial charge < -0.3 is 9.64 Å². The van der Waals surface area contributed by atoms with Gasteiger partial charge in [-0.15, -0.1) is 0 Å². The minimum absolute atomic E-state index is 0.146. The highest BCUT2D eigenvalue weighted by Crippen LogP contribution is 2.32. The molecule has 26 heavy (non-hydrogen) atoms. The quantitative estimate of drug-likeness (QED) is 0.790. The number of benzene rings is 1. The fourth-order valence-electron chi connectivity index (χ4n) is 3.68. The summed E-state index contributed by atoms with van der Waals surface area (Å²) in [6, 6.07) is 8.98. The predicted octanol–water partition coefficient (Wildman–Crippen LogP) is 3.86. The van der Waals surface area contributed by atoms with Crippen LogP contribution in [-0.2, 0) is 11.3 Å². The van der Waals surface area contributed by atoms with Crippen LogP contribution in [-0.4, -0.2) is 39.6 Å². The van der Waals surface area contributed by atoms with Crippen LogP contribution in [0.3, 0.4) is 0 Å². The SMILES string of the molecule is CC(C)CCn1c(OC2CCN(C(=O)C3CC3)CC2)nc2ccccc21. The molecule has 2 aromatic rings. The summed E-state index contributed by atoms with van der Waals surface area (Å²) in [6.07, 6.45) is 5.19. The average molecular weight is 355 g/mol. The van der Waals surface area contributed by atoms with Crippen molar-refractivity contribution < 1.29 is 9.53 Å². The first kappa shape index (κ1) is 17.4. The van der Waals surface area contributed by atoms with E-state index in [1.807, 2.05) is 17.0 Å². The van der Waals surface area contributed by atoms with Crippen LogP contribution in [0.25, 0.3) is 11.0 Å². The zero-order valence-electron chi connectivity index (χ0n) is 15.9. The number of fused-ring (bicyclic) bond motifs is 1. The molecule has 1 saturated heterocycles. The minimum Gasteiger partial charge on any atom is -0.461 e. The number of rotatable bonds is 6. The molecule has 1 aromatic carbocycles. The molecule has 1 aliphatic heterocycles. The Morgan fingerprint density at radius 3 is 2.62 bits per heavy atom. The fourth-order valence-corrected chi connectivity index (χ4v) is 3.68. The number of hydrogen-bond donors (Lipinski definition) is 0. The Balaban J connectivity index is 1.45. The van der Waals surface area contributed by atoms with Gasteiger partial charge in [-0.1, -0.05) is 26.0 Å². The molecule has 2 heterocycles. The van der Waals surface area contributed by atoms with Crippen molar-refractivity contribution in [2.24, 2.45) is 11.8 Å². The maximum Gasteiger partial charge on any atom is 0.297 e. The summed E-state index contributed by atoms with van der Waals surface area (Å²) >= 11 is 0. The number of nitrogens with zero attached hydrogens (tertiary/aromatic N) is 3. The predicted molar refractivity (Wildman–Crippen MR) is 102 cm³/mol. The van der Waals surface area contributed by atoms with Crippen LogP contribution in [0.2, 0.25) is 0 Å². The van der Waals surface area contributed by atoms with E-state index in [-0.39, 0.29) is 6.10 Å². The lowest BCUT2D eigenvalue weighted by Crippen LogP contribution is -2.42. The van der Waals surface area contributed by atoms with E-state index < -0.39 is 0 Å². The molecule has 1 saturated carbocycles. The van der Waals surface area contributed by atoms with Crippen LogP contribution in [0, 0.1) is 11.8 Å². The number of piperidine rings is 1. The smallest absolute Gasteiger partial charge is 0.297 e. The van der Waals surface area contributed by atoms with Crippen LogP contribution >= 0.6 is 0 Å². The number of aromatic nitrogens is 2. The third-order valence-electron chi connectivity index (χ3n) is 5.50. The van der Waals surface area contributed by atoms with Crippen molar-refractivity contribution in [2.45, 2.75) is 58.6 Å². The molecule has 2 fully saturated rings. The first-order chi connectivity index (χ1) is 12.6. The van der Waals surface area contributed by atoms with Gasteiger partial charge in [0, 0.05) is 38.4 Å². The van der Waals surface area contributed by atoms with Gasteiger partial charge in [0.2, 0.25) is 5.91 Å². The molecular formula is C21H29N3O2. The van der Waals surface area contributed by atoms with Gasteiger partial charge in [-0.05, 0) is 37.3 Å². The van der Waals surface area contributed by atoms with E-state index in [0.717, 1.165) is 68.8 Å². The molecule has 0 N–H and O–H groups in total. The summed E-state index contributed by atoms with van der Waals surface area (Å²) in [6.45, 7) is 7.03. The maximum absolute atomic E-state index is 12.2. The molecule has 0 spiro atoms. The minimum atomic E-state index is 0.146. The number of likely N-dealkylation sites (tertiary alicyclic amines) is 1. The van der Waals surface area contributed by atoms with Crippen molar-refractivity contribution in [3.8, 4) is 6.01 Å². The summed E-state index contributed by atoms with van der Waals surface area (Å²) in [5.74, 6) is 1.31. The van der Waals surface area contributed by atoms with Gasteiger partial charge in [-0.2, -0.15) is 4.98 Å². The third-order valence-corrected chi connectivity index (χ3v) is 5.50. The number of aryl methyl sites for hydroxylation is 1. The molecule has 140 valence electrons. The van der Waals surface area contributed by atoms with Gasteiger partial charge in [0.15, 0.2) is 0 Å². The van der Waals surface area contributed by atoms with Crippen molar-refractivity contribution in [3.05, 3.63) is 24.3 Å². The normalized spacial score (nSPS) is 18.7. The maximum atomic E-state index is 12.2. The van der Waals surface area contributed by atoms with Crippen LogP contribution in [0.1, 0.15) is 46.0 Å². The van der Waals surface area contributed by atoms with Crippen molar-refractivity contribution in [2.75, 3.05) is 13.1 Å². The van der Waals surface area contributed by atoms with Gasteiger partial charge >= 0.3 is 0 Å².